The number of rotatable bonds is 3. The molecule has 1 aromatic heterocycles. The van der Waals surface area contributed by atoms with E-state index in [2.05, 4.69) is 35.3 Å². The van der Waals surface area contributed by atoms with Crippen molar-refractivity contribution in [3.8, 4) is 0 Å². The lowest BCUT2D eigenvalue weighted by molar-refractivity contribution is 0.0832. The van der Waals surface area contributed by atoms with Crippen molar-refractivity contribution in [2.75, 3.05) is 0 Å². The van der Waals surface area contributed by atoms with E-state index in [-0.39, 0.29) is 18.2 Å². The van der Waals surface area contributed by atoms with E-state index in [9.17, 15) is 4.79 Å². The van der Waals surface area contributed by atoms with Crippen molar-refractivity contribution in [1.82, 2.24) is 9.88 Å². The summed E-state index contributed by atoms with van der Waals surface area (Å²) in [6.07, 6.45) is 6.77. The number of benzene rings is 2. The fourth-order valence-electron chi connectivity index (χ4n) is 4.39. The van der Waals surface area contributed by atoms with Crippen LogP contribution < -0.4 is 0 Å². The lowest BCUT2D eigenvalue weighted by Gasteiger charge is -2.33. The van der Waals surface area contributed by atoms with Gasteiger partial charge < -0.3 is 4.74 Å². The minimum atomic E-state index is -0.202. The lowest BCUT2D eigenvalue weighted by Crippen LogP contribution is -2.43. The van der Waals surface area contributed by atoms with Crippen LogP contribution in [0.25, 0.3) is 16.5 Å². The van der Waals surface area contributed by atoms with E-state index >= 15 is 0 Å². The molecular formula is C24H22N2O2. The number of nitrogens with zero attached hydrogens (tertiary/aromatic N) is 2. The Morgan fingerprint density at radius 1 is 1.07 bits per heavy atom. The second-order valence-electron chi connectivity index (χ2n) is 7.55. The van der Waals surface area contributed by atoms with Gasteiger partial charge in [0, 0.05) is 17.6 Å². The van der Waals surface area contributed by atoms with Crippen molar-refractivity contribution in [1.29, 1.82) is 0 Å². The Morgan fingerprint density at radius 2 is 1.96 bits per heavy atom. The number of hydrogen-bond acceptors (Lipinski definition) is 3. The molecule has 1 fully saturated rings. The van der Waals surface area contributed by atoms with Crippen molar-refractivity contribution >= 4 is 22.6 Å². The molecule has 2 unspecified atom stereocenters. The molecule has 2 aliphatic rings. The van der Waals surface area contributed by atoms with Crippen LogP contribution in [0.1, 0.15) is 30.4 Å². The van der Waals surface area contributed by atoms with Crippen LogP contribution in [0.2, 0.25) is 0 Å². The van der Waals surface area contributed by atoms with Crippen molar-refractivity contribution in [2.45, 2.75) is 38.0 Å². The molecule has 3 aromatic rings. The fraction of sp³-hybridized carbons (Fsp3) is 0.250. The third-order valence-corrected chi connectivity index (χ3v) is 5.79. The summed E-state index contributed by atoms with van der Waals surface area (Å²) in [6.45, 7) is 0.322. The highest BCUT2D eigenvalue weighted by Crippen LogP contribution is 2.39. The average molecular weight is 370 g/mol. The zero-order chi connectivity index (χ0) is 18.9. The van der Waals surface area contributed by atoms with Crippen molar-refractivity contribution in [2.24, 2.45) is 0 Å². The molecule has 0 N–H and O–H groups in total. The Kier molecular flexibility index (Phi) is 4.32. The molecule has 2 aromatic carbocycles. The number of pyridine rings is 1. The summed E-state index contributed by atoms with van der Waals surface area (Å²) in [7, 11) is 0. The molecule has 2 aliphatic heterocycles. The number of carbonyl (C=O) groups is 1. The molecule has 1 amide bonds. The van der Waals surface area contributed by atoms with E-state index in [1.165, 1.54) is 11.1 Å². The largest absolute Gasteiger partial charge is 0.445 e. The summed E-state index contributed by atoms with van der Waals surface area (Å²) >= 11 is 0. The topological polar surface area (TPSA) is 42.4 Å². The van der Waals surface area contributed by atoms with Crippen LogP contribution in [0.15, 0.2) is 72.9 Å². The van der Waals surface area contributed by atoms with Crippen LogP contribution in [0.3, 0.4) is 0 Å². The number of ether oxygens (including phenoxy) is 1. The summed E-state index contributed by atoms with van der Waals surface area (Å²) < 4.78 is 5.59. The Hall–Kier alpha value is -3.14. The fourth-order valence-corrected chi connectivity index (χ4v) is 4.39. The number of fused-ring (bicyclic) bond motifs is 3. The van der Waals surface area contributed by atoms with Crippen molar-refractivity contribution in [3.05, 3.63) is 84.1 Å². The first-order valence-electron chi connectivity index (χ1n) is 9.83. The van der Waals surface area contributed by atoms with Crippen LogP contribution in [-0.4, -0.2) is 28.1 Å². The Labute approximate surface area is 164 Å². The van der Waals surface area contributed by atoms with Gasteiger partial charge in [-0.2, -0.15) is 0 Å². The maximum Gasteiger partial charge on any atom is 0.410 e. The zero-order valence-corrected chi connectivity index (χ0v) is 15.6. The molecular weight excluding hydrogens is 348 g/mol. The monoisotopic (exact) mass is 370 g/mol. The summed E-state index contributed by atoms with van der Waals surface area (Å²) in [5.74, 6) is 0. The molecule has 0 radical (unpaired) electrons. The predicted molar refractivity (Wildman–Crippen MR) is 110 cm³/mol. The molecule has 4 heteroatoms. The molecule has 3 heterocycles. The first-order valence-corrected chi connectivity index (χ1v) is 9.83. The first-order chi connectivity index (χ1) is 13.8. The van der Waals surface area contributed by atoms with Crippen LogP contribution >= 0.6 is 0 Å². The third kappa shape index (κ3) is 3.15. The van der Waals surface area contributed by atoms with Crippen LogP contribution in [0, 0.1) is 0 Å². The van der Waals surface area contributed by atoms with Gasteiger partial charge in [0.15, 0.2) is 0 Å². The quantitative estimate of drug-likeness (QED) is 0.637. The lowest BCUT2D eigenvalue weighted by atomic mass is 9.94. The van der Waals surface area contributed by atoms with Gasteiger partial charge in [-0.05, 0) is 48.1 Å². The van der Waals surface area contributed by atoms with Gasteiger partial charge in [0.05, 0.1) is 11.6 Å². The molecule has 2 bridgehead atoms. The van der Waals surface area contributed by atoms with Gasteiger partial charge in [0.2, 0.25) is 0 Å². The van der Waals surface area contributed by atoms with E-state index in [1.807, 2.05) is 47.5 Å². The molecule has 28 heavy (non-hydrogen) atoms. The van der Waals surface area contributed by atoms with E-state index in [4.69, 9.17) is 4.74 Å². The second kappa shape index (κ2) is 7.12. The number of amides is 1. The van der Waals surface area contributed by atoms with Gasteiger partial charge in [-0.3, -0.25) is 9.88 Å². The van der Waals surface area contributed by atoms with Crippen LogP contribution in [-0.2, 0) is 11.3 Å². The maximum atomic E-state index is 12.7. The maximum absolute atomic E-state index is 12.7. The highest BCUT2D eigenvalue weighted by Gasteiger charge is 2.40. The normalized spacial score (nSPS) is 20.9. The summed E-state index contributed by atoms with van der Waals surface area (Å²) in [6, 6.07) is 20.7. The van der Waals surface area contributed by atoms with Crippen LogP contribution in [0.5, 0.6) is 0 Å². The molecule has 4 nitrogen and oxygen atoms in total. The van der Waals surface area contributed by atoms with Gasteiger partial charge in [-0.25, -0.2) is 4.79 Å². The van der Waals surface area contributed by atoms with Gasteiger partial charge in [-0.15, -0.1) is 0 Å². The van der Waals surface area contributed by atoms with E-state index in [0.717, 1.165) is 35.7 Å². The second-order valence-corrected chi connectivity index (χ2v) is 7.55. The number of carbonyl (C=O) groups excluding carboxylic acids is 1. The van der Waals surface area contributed by atoms with Gasteiger partial charge >= 0.3 is 6.09 Å². The molecule has 2 atom stereocenters. The van der Waals surface area contributed by atoms with E-state index in [1.54, 1.807) is 0 Å². The van der Waals surface area contributed by atoms with E-state index in [0.29, 0.717) is 6.61 Å². The molecule has 0 saturated carbocycles. The predicted octanol–water partition coefficient (Wildman–Crippen LogP) is 5.19. The summed E-state index contributed by atoms with van der Waals surface area (Å²) in [5.41, 5.74) is 4.55. The zero-order valence-electron chi connectivity index (χ0n) is 15.6. The first kappa shape index (κ1) is 17.0. The third-order valence-electron chi connectivity index (χ3n) is 5.79. The van der Waals surface area contributed by atoms with Crippen LogP contribution in [0.4, 0.5) is 4.79 Å². The molecule has 140 valence electrons. The minimum absolute atomic E-state index is 0.122. The summed E-state index contributed by atoms with van der Waals surface area (Å²) in [4.78, 5) is 19.1. The van der Waals surface area contributed by atoms with E-state index < -0.39 is 0 Å². The Bertz CT molecular complexity index is 1040. The molecule has 1 saturated heterocycles. The standard InChI is InChI=1S/C24H22N2O2/c27-24(28-16-17-5-2-1-3-6-17)26-21-10-11-22(26)14-20(13-21)19-9-8-18-7-4-12-25-23(18)15-19/h1-9,12-13,15,21-22H,10-11,14,16H2. The summed E-state index contributed by atoms with van der Waals surface area (Å²) in [5, 5.41) is 1.15. The van der Waals surface area contributed by atoms with Crippen molar-refractivity contribution in [3.63, 3.8) is 0 Å². The van der Waals surface area contributed by atoms with Gasteiger partial charge in [0.1, 0.15) is 6.61 Å². The number of aromatic nitrogens is 1. The Morgan fingerprint density at radius 3 is 2.82 bits per heavy atom. The minimum Gasteiger partial charge on any atom is -0.445 e. The smallest absolute Gasteiger partial charge is 0.410 e. The number of hydrogen-bond donors (Lipinski definition) is 0. The SMILES string of the molecule is O=C(OCc1ccccc1)N1C2C=C(c3ccc4cccnc4c3)CC1CC2. The average Bonchev–Trinajstić information content (AvgIpc) is 3.02. The molecule has 0 aliphatic carbocycles. The van der Waals surface area contributed by atoms with Gasteiger partial charge in [-0.1, -0.05) is 54.6 Å². The van der Waals surface area contributed by atoms with Gasteiger partial charge in [0.25, 0.3) is 0 Å². The Balaban J connectivity index is 1.34. The van der Waals surface area contributed by atoms with Crippen molar-refractivity contribution < 1.29 is 9.53 Å². The highest BCUT2D eigenvalue weighted by molar-refractivity contribution is 5.84. The molecule has 5 rings (SSSR count). The molecule has 0 spiro atoms. The highest BCUT2D eigenvalue weighted by atomic mass is 16.6.